The molecule has 3 saturated heterocycles. The molecule has 0 bridgehead atoms. The number of ether oxygens (including phenoxy) is 1. The van der Waals surface area contributed by atoms with Gasteiger partial charge in [0.1, 0.15) is 6.61 Å². The third kappa shape index (κ3) is 7.89. The molecule has 31 heavy (non-hydrogen) atoms. The summed E-state index contributed by atoms with van der Waals surface area (Å²) in [5.74, 6) is 0.313. The lowest BCUT2D eigenvalue weighted by Gasteiger charge is -2.31. The monoisotopic (exact) mass is 440 g/mol. The molecule has 0 aliphatic carbocycles. The van der Waals surface area contributed by atoms with Gasteiger partial charge in [-0.3, -0.25) is 9.69 Å². The van der Waals surface area contributed by atoms with E-state index in [0.717, 1.165) is 39.0 Å². The number of urea groups is 1. The van der Waals surface area contributed by atoms with Gasteiger partial charge >= 0.3 is 12.1 Å². The summed E-state index contributed by atoms with van der Waals surface area (Å²) < 4.78 is 4.78. The summed E-state index contributed by atoms with van der Waals surface area (Å²) in [5.41, 5.74) is -0.0803. The minimum Gasteiger partial charge on any atom is -0.448 e. The number of amides is 4. The lowest BCUT2D eigenvalue weighted by Crippen LogP contribution is -2.43. The fraction of sp³-hybridized carbons (Fsp3) is 0.870. The third-order valence-corrected chi connectivity index (χ3v) is 5.48. The van der Waals surface area contributed by atoms with Gasteiger partial charge in [0.2, 0.25) is 5.91 Å². The van der Waals surface area contributed by atoms with Crippen LogP contribution >= 0.6 is 0 Å². The first-order chi connectivity index (χ1) is 14.0. The Balaban J connectivity index is 0.000000233. The van der Waals surface area contributed by atoms with Gasteiger partial charge in [-0.15, -0.1) is 0 Å². The van der Waals surface area contributed by atoms with E-state index in [2.05, 4.69) is 41.5 Å². The van der Waals surface area contributed by atoms with Crippen LogP contribution in [0.4, 0.5) is 9.59 Å². The molecule has 180 valence electrons. The molecule has 0 unspecified atom stereocenters. The normalized spacial score (nSPS) is 19.9. The van der Waals surface area contributed by atoms with E-state index in [4.69, 9.17) is 4.74 Å². The molecule has 3 aliphatic heterocycles. The van der Waals surface area contributed by atoms with Gasteiger partial charge in [-0.25, -0.2) is 9.59 Å². The van der Waals surface area contributed by atoms with Gasteiger partial charge in [0.05, 0.1) is 6.54 Å². The number of hydrogen-bond acceptors (Lipinski definition) is 4. The minimum absolute atomic E-state index is 0.0259. The van der Waals surface area contributed by atoms with Crippen LogP contribution in [-0.2, 0) is 9.53 Å². The zero-order chi connectivity index (χ0) is 24.2. The van der Waals surface area contributed by atoms with E-state index in [9.17, 15) is 14.4 Å². The highest BCUT2D eigenvalue weighted by atomic mass is 16.6. The van der Waals surface area contributed by atoms with E-state index in [1.807, 2.05) is 37.6 Å². The molecule has 0 atom stereocenters. The summed E-state index contributed by atoms with van der Waals surface area (Å²) in [6, 6.07) is 0.150. The predicted molar refractivity (Wildman–Crippen MR) is 123 cm³/mol. The Bertz CT molecular complexity index is 607. The highest BCUT2D eigenvalue weighted by Crippen LogP contribution is 2.21. The fourth-order valence-electron chi connectivity index (χ4n) is 3.63. The van der Waals surface area contributed by atoms with Crippen molar-refractivity contribution >= 4 is 18.0 Å². The van der Waals surface area contributed by atoms with Crippen LogP contribution in [0.5, 0.6) is 0 Å². The molecule has 0 aromatic rings. The molecule has 0 aromatic carbocycles. The standard InChI is InChI=1S/C8H16N2O.C8H15NO.C7H13NO2/c1-8(2,3)10-6-5-9(4)7(10)11;1-8(2,3)9-6-4-5-7(9)10;1-7(2,3)8-4-5-10-6(8)9/h5-6H2,1-4H3;4-6H2,1-3H3;4-5H2,1-3H3. The summed E-state index contributed by atoms with van der Waals surface area (Å²) >= 11 is 0. The Hall–Kier alpha value is -1.99. The van der Waals surface area contributed by atoms with E-state index in [0.29, 0.717) is 12.5 Å². The second-order valence-electron chi connectivity index (χ2n) is 11.3. The van der Waals surface area contributed by atoms with Gasteiger partial charge in [-0.2, -0.15) is 0 Å². The summed E-state index contributed by atoms with van der Waals surface area (Å²) in [7, 11) is 1.84. The predicted octanol–water partition coefficient (Wildman–Crippen LogP) is 3.80. The molecule has 3 aliphatic rings. The van der Waals surface area contributed by atoms with Crippen LogP contribution in [0.25, 0.3) is 0 Å². The Morgan fingerprint density at radius 2 is 1.19 bits per heavy atom. The number of hydrogen-bond donors (Lipinski definition) is 0. The molecule has 3 heterocycles. The number of carbonyl (C=O) groups excluding carboxylic acids is 3. The average Bonchev–Trinajstić information content (AvgIpc) is 3.28. The number of carbonyl (C=O) groups is 3. The van der Waals surface area contributed by atoms with E-state index in [1.54, 1.807) is 9.80 Å². The molecule has 8 nitrogen and oxygen atoms in total. The summed E-state index contributed by atoms with van der Waals surface area (Å²) in [4.78, 5) is 40.8. The van der Waals surface area contributed by atoms with Crippen LogP contribution < -0.4 is 0 Å². The molecule has 3 fully saturated rings. The van der Waals surface area contributed by atoms with Crippen LogP contribution in [0, 0.1) is 0 Å². The summed E-state index contributed by atoms with van der Waals surface area (Å²) in [6.07, 6.45) is 1.60. The maximum atomic E-state index is 11.4. The number of nitrogens with zero attached hydrogens (tertiary/aromatic N) is 4. The quantitative estimate of drug-likeness (QED) is 0.574. The van der Waals surface area contributed by atoms with Gasteiger partial charge in [0, 0.05) is 49.7 Å². The Kier molecular flexibility index (Phi) is 8.80. The van der Waals surface area contributed by atoms with Crippen LogP contribution in [0.3, 0.4) is 0 Å². The van der Waals surface area contributed by atoms with Crippen molar-refractivity contribution < 1.29 is 19.1 Å². The molecule has 3 rings (SSSR count). The molecule has 0 saturated carbocycles. The fourth-order valence-corrected chi connectivity index (χ4v) is 3.63. The molecule has 8 heteroatoms. The van der Waals surface area contributed by atoms with Crippen molar-refractivity contribution in [2.75, 3.05) is 39.8 Å². The number of rotatable bonds is 0. The van der Waals surface area contributed by atoms with Crippen LogP contribution in [0.2, 0.25) is 0 Å². The second-order valence-corrected chi connectivity index (χ2v) is 11.3. The topological polar surface area (TPSA) is 73.4 Å². The van der Waals surface area contributed by atoms with Crippen LogP contribution in [-0.4, -0.2) is 94.1 Å². The lowest BCUT2D eigenvalue weighted by molar-refractivity contribution is -0.131. The van der Waals surface area contributed by atoms with Crippen molar-refractivity contribution in [3.05, 3.63) is 0 Å². The van der Waals surface area contributed by atoms with Crippen molar-refractivity contribution in [2.24, 2.45) is 0 Å². The van der Waals surface area contributed by atoms with Crippen molar-refractivity contribution in [3.63, 3.8) is 0 Å². The maximum absolute atomic E-state index is 11.4. The van der Waals surface area contributed by atoms with E-state index < -0.39 is 0 Å². The van der Waals surface area contributed by atoms with Gasteiger partial charge in [0.15, 0.2) is 0 Å². The van der Waals surface area contributed by atoms with Crippen molar-refractivity contribution in [1.82, 2.24) is 19.6 Å². The minimum atomic E-state index is -0.187. The molecular formula is C23H44N4O4. The second kappa shape index (κ2) is 10.1. The van der Waals surface area contributed by atoms with Gasteiger partial charge in [0.25, 0.3) is 0 Å². The van der Waals surface area contributed by atoms with E-state index in [1.165, 1.54) is 0 Å². The Morgan fingerprint density at radius 1 is 0.677 bits per heavy atom. The van der Waals surface area contributed by atoms with Crippen molar-refractivity contribution in [3.8, 4) is 0 Å². The zero-order valence-electron chi connectivity index (χ0n) is 21.4. The van der Waals surface area contributed by atoms with Gasteiger partial charge in [-0.05, 0) is 68.7 Å². The highest BCUT2D eigenvalue weighted by Gasteiger charge is 2.33. The number of likely N-dealkylation sites (N-methyl/N-ethyl adjacent to an activating group) is 1. The first-order valence-corrected chi connectivity index (χ1v) is 11.2. The third-order valence-electron chi connectivity index (χ3n) is 5.48. The molecule has 4 amide bonds. The van der Waals surface area contributed by atoms with E-state index in [-0.39, 0.29) is 28.7 Å². The van der Waals surface area contributed by atoms with Crippen molar-refractivity contribution in [1.29, 1.82) is 0 Å². The molecule has 0 spiro atoms. The van der Waals surface area contributed by atoms with Crippen molar-refractivity contribution in [2.45, 2.75) is 91.8 Å². The molecule has 0 radical (unpaired) electrons. The van der Waals surface area contributed by atoms with E-state index >= 15 is 0 Å². The lowest BCUT2D eigenvalue weighted by atomic mass is 10.1. The SMILES string of the molecule is CC(C)(C)N1CCCC1=O.CC(C)(C)N1CCOC1=O.CN1CCN(C(C)(C)C)C1=O. The van der Waals surface area contributed by atoms with Crippen LogP contribution in [0.1, 0.15) is 75.2 Å². The van der Waals surface area contributed by atoms with Crippen LogP contribution in [0.15, 0.2) is 0 Å². The number of cyclic esters (lactones) is 1. The average molecular weight is 441 g/mol. The first kappa shape index (κ1) is 27.0. The smallest absolute Gasteiger partial charge is 0.410 e. The van der Waals surface area contributed by atoms with Gasteiger partial charge in [-0.1, -0.05) is 0 Å². The largest absolute Gasteiger partial charge is 0.448 e. The summed E-state index contributed by atoms with van der Waals surface area (Å²) in [5, 5.41) is 0. The maximum Gasteiger partial charge on any atom is 0.410 e. The molecule has 0 N–H and O–H groups in total. The highest BCUT2D eigenvalue weighted by molar-refractivity contribution is 5.78. The summed E-state index contributed by atoms with van der Waals surface area (Å²) in [6.45, 7) is 22.3. The number of likely N-dealkylation sites (tertiary alicyclic amines) is 1. The molecular weight excluding hydrogens is 396 g/mol. The Labute approximate surface area is 188 Å². The molecule has 0 aromatic heterocycles. The van der Waals surface area contributed by atoms with Gasteiger partial charge < -0.3 is 19.4 Å². The zero-order valence-corrected chi connectivity index (χ0v) is 21.4. The first-order valence-electron chi connectivity index (χ1n) is 11.2. The Morgan fingerprint density at radius 3 is 1.39 bits per heavy atom.